The predicted molar refractivity (Wildman–Crippen MR) is 80.5 cm³/mol. The minimum atomic E-state index is -0.252. The molecule has 0 fully saturated rings. The van der Waals surface area contributed by atoms with Crippen LogP contribution in [-0.4, -0.2) is 44.9 Å². The van der Waals surface area contributed by atoms with Crippen LogP contribution in [0.4, 0.5) is 0 Å². The maximum absolute atomic E-state index is 12.3. The van der Waals surface area contributed by atoms with Gasteiger partial charge in [-0.05, 0) is 39.2 Å². The number of aliphatic hydroxyl groups excluding tert-OH is 1. The van der Waals surface area contributed by atoms with E-state index in [0.717, 1.165) is 24.2 Å². The van der Waals surface area contributed by atoms with Gasteiger partial charge in [0.15, 0.2) is 5.69 Å². The number of nitrogens with one attached hydrogen (secondary N) is 1. The summed E-state index contributed by atoms with van der Waals surface area (Å²) in [5.74, 6) is 0.241. The monoisotopic (exact) mass is 306 g/mol. The van der Waals surface area contributed by atoms with Gasteiger partial charge in [0, 0.05) is 19.3 Å². The van der Waals surface area contributed by atoms with Crippen LogP contribution in [0, 0.1) is 20.8 Å². The molecule has 0 bridgehead atoms. The Morgan fingerprint density at radius 3 is 2.64 bits per heavy atom. The van der Waals surface area contributed by atoms with Crippen LogP contribution in [-0.2, 0) is 13.0 Å². The quantitative estimate of drug-likeness (QED) is 0.843. The number of rotatable bonds is 6. The minimum Gasteiger partial charge on any atom is -0.391 e. The summed E-state index contributed by atoms with van der Waals surface area (Å²) in [7, 11) is 1.72. The minimum absolute atomic E-state index is 0.193. The third-order valence-electron chi connectivity index (χ3n) is 3.89. The Morgan fingerprint density at radius 2 is 2.05 bits per heavy atom. The number of nitrogens with zero attached hydrogens (tertiary/aromatic N) is 3. The van der Waals surface area contributed by atoms with Gasteiger partial charge in [0.2, 0.25) is 0 Å². The molecule has 7 heteroatoms. The van der Waals surface area contributed by atoms with Crippen molar-refractivity contribution in [2.24, 2.45) is 0 Å². The zero-order valence-electron chi connectivity index (χ0n) is 13.4. The van der Waals surface area contributed by atoms with Crippen LogP contribution in [0.3, 0.4) is 0 Å². The van der Waals surface area contributed by atoms with Crippen LogP contribution in [0.2, 0.25) is 0 Å². The van der Waals surface area contributed by atoms with Crippen LogP contribution in [0.1, 0.15) is 45.2 Å². The third-order valence-corrected chi connectivity index (χ3v) is 3.89. The molecule has 0 radical (unpaired) electrons. The van der Waals surface area contributed by atoms with Crippen LogP contribution in [0.15, 0.2) is 4.52 Å². The van der Waals surface area contributed by atoms with Crippen molar-refractivity contribution < 1.29 is 14.4 Å². The van der Waals surface area contributed by atoms with Crippen molar-refractivity contribution in [3.05, 3.63) is 34.0 Å². The normalized spacial score (nSPS) is 11.0. The Labute approximate surface area is 129 Å². The molecule has 0 aliphatic carbocycles. The molecule has 0 saturated carbocycles. The molecule has 0 aromatic carbocycles. The highest BCUT2D eigenvalue weighted by molar-refractivity contribution is 5.93. The van der Waals surface area contributed by atoms with E-state index in [2.05, 4.69) is 15.4 Å². The van der Waals surface area contributed by atoms with Gasteiger partial charge >= 0.3 is 0 Å². The van der Waals surface area contributed by atoms with Crippen molar-refractivity contribution in [2.45, 2.75) is 40.2 Å². The molecule has 2 aromatic heterocycles. The van der Waals surface area contributed by atoms with Crippen molar-refractivity contribution in [1.82, 2.24) is 20.3 Å². The number of hydrogen-bond acceptors (Lipinski definition) is 5. The first-order valence-electron chi connectivity index (χ1n) is 7.27. The van der Waals surface area contributed by atoms with Crippen LogP contribution < -0.4 is 0 Å². The molecule has 0 aliphatic rings. The van der Waals surface area contributed by atoms with Gasteiger partial charge in [-0.2, -0.15) is 5.10 Å². The van der Waals surface area contributed by atoms with Gasteiger partial charge in [-0.25, -0.2) is 0 Å². The lowest BCUT2D eigenvalue weighted by Gasteiger charge is -2.16. The zero-order chi connectivity index (χ0) is 16.3. The molecule has 2 N–H and O–H groups in total. The van der Waals surface area contributed by atoms with Gasteiger partial charge < -0.3 is 14.5 Å². The number of aryl methyl sites for hydroxylation is 3. The predicted octanol–water partition coefficient (Wildman–Crippen LogP) is 1.52. The third kappa shape index (κ3) is 3.19. The average molecular weight is 306 g/mol. The number of aromatic nitrogens is 3. The van der Waals surface area contributed by atoms with Crippen molar-refractivity contribution in [3.63, 3.8) is 0 Å². The first kappa shape index (κ1) is 16.2. The number of aliphatic hydroxyl groups is 1. The van der Waals surface area contributed by atoms with E-state index in [9.17, 15) is 9.90 Å². The molecule has 7 nitrogen and oxygen atoms in total. The average Bonchev–Trinajstić information content (AvgIpc) is 3.02. The van der Waals surface area contributed by atoms with Crippen molar-refractivity contribution in [3.8, 4) is 0 Å². The Morgan fingerprint density at radius 1 is 1.32 bits per heavy atom. The summed E-state index contributed by atoms with van der Waals surface area (Å²) in [6.45, 7) is 5.99. The van der Waals surface area contributed by atoms with Crippen molar-refractivity contribution in [2.75, 3.05) is 13.6 Å². The Hall–Kier alpha value is -2.15. The number of carbonyl (C=O) groups is 1. The number of hydrogen-bond donors (Lipinski definition) is 2. The van der Waals surface area contributed by atoms with Gasteiger partial charge in [-0.15, -0.1) is 0 Å². The topological polar surface area (TPSA) is 95.3 Å². The second kappa shape index (κ2) is 6.74. The second-order valence-electron chi connectivity index (χ2n) is 5.47. The van der Waals surface area contributed by atoms with Gasteiger partial charge in [0.05, 0.1) is 17.9 Å². The van der Waals surface area contributed by atoms with Crippen molar-refractivity contribution >= 4 is 5.91 Å². The molecule has 1 amide bonds. The summed E-state index contributed by atoms with van der Waals surface area (Å²) >= 11 is 0. The van der Waals surface area contributed by atoms with Crippen molar-refractivity contribution in [1.29, 1.82) is 0 Å². The number of aromatic amines is 1. The largest absolute Gasteiger partial charge is 0.391 e. The van der Waals surface area contributed by atoms with Gasteiger partial charge in [-0.3, -0.25) is 9.89 Å². The number of amides is 1. The molecule has 2 heterocycles. The van der Waals surface area contributed by atoms with Crippen LogP contribution in [0.5, 0.6) is 0 Å². The maximum Gasteiger partial charge on any atom is 0.276 e. The first-order valence-corrected chi connectivity index (χ1v) is 7.27. The van der Waals surface area contributed by atoms with E-state index in [4.69, 9.17) is 4.52 Å². The van der Waals surface area contributed by atoms with Gasteiger partial charge in [0.25, 0.3) is 5.91 Å². The Kier molecular flexibility index (Phi) is 4.97. The highest BCUT2D eigenvalue weighted by Gasteiger charge is 2.22. The first-order chi connectivity index (χ1) is 10.5. The lowest BCUT2D eigenvalue weighted by atomic mass is 10.1. The smallest absolute Gasteiger partial charge is 0.276 e. The standard InChI is InChI=1S/C15H22N4O3/c1-9-12(10(2)17-16-9)6-5-7-19(4)15(21)14-13(8-20)11(3)22-18-14/h20H,5-8H2,1-4H3,(H,16,17). The highest BCUT2D eigenvalue weighted by atomic mass is 16.5. The molecule has 0 unspecified atom stereocenters. The van der Waals surface area contributed by atoms with Gasteiger partial charge in [0.1, 0.15) is 5.76 Å². The molecule has 120 valence electrons. The molecule has 22 heavy (non-hydrogen) atoms. The SMILES string of the molecule is Cc1n[nH]c(C)c1CCCN(C)C(=O)c1noc(C)c1CO. The molecule has 0 atom stereocenters. The second-order valence-corrected chi connectivity index (χ2v) is 5.47. The fraction of sp³-hybridized carbons (Fsp3) is 0.533. The summed E-state index contributed by atoms with van der Waals surface area (Å²) in [5, 5.41) is 20.2. The summed E-state index contributed by atoms with van der Waals surface area (Å²) < 4.78 is 4.98. The summed E-state index contributed by atoms with van der Waals surface area (Å²) in [6.07, 6.45) is 1.69. The number of H-pyrrole nitrogens is 1. The maximum atomic E-state index is 12.3. The Bertz CT molecular complexity index is 640. The molecule has 2 rings (SSSR count). The fourth-order valence-corrected chi connectivity index (χ4v) is 2.46. The van der Waals surface area contributed by atoms with Crippen LogP contribution in [0.25, 0.3) is 0 Å². The summed E-state index contributed by atoms with van der Waals surface area (Å²) in [5.41, 5.74) is 3.92. The summed E-state index contributed by atoms with van der Waals surface area (Å²) in [4.78, 5) is 13.9. The zero-order valence-corrected chi connectivity index (χ0v) is 13.4. The highest BCUT2D eigenvalue weighted by Crippen LogP contribution is 2.16. The molecule has 0 saturated heterocycles. The molecular formula is C15H22N4O3. The van der Waals surface area contributed by atoms with E-state index in [1.54, 1.807) is 18.9 Å². The fourth-order valence-electron chi connectivity index (χ4n) is 2.46. The molecular weight excluding hydrogens is 284 g/mol. The molecule has 2 aromatic rings. The Balaban J connectivity index is 1.94. The van der Waals surface area contributed by atoms with E-state index in [1.165, 1.54) is 5.56 Å². The lowest BCUT2D eigenvalue weighted by molar-refractivity contribution is 0.0780. The van der Waals surface area contributed by atoms with E-state index in [0.29, 0.717) is 17.9 Å². The van der Waals surface area contributed by atoms with Crippen LogP contribution >= 0.6 is 0 Å². The van der Waals surface area contributed by atoms with E-state index >= 15 is 0 Å². The van der Waals surface area contributed by atoms with E-state index in [1.807, 2.05) is 13.8 Å². The molecule has 0 aliphatic heterocycles. The lowest BCUT2D eigenvalue weighted by Crippen LogP contribution is -2.29. The summed E-state index contributed by atoms with van der Waals surface area (Å²) in [6, 6.07) is 0. The number of carbonyl (C=O) groups excluding carboxylic acids is 1. The van der Waals surface area contributed by atoms with E-state index < -0.39 is 0 Å². The van der Waals surface area contributed by atoms with E-state index in [-0.39, 0.29) is 18.2 Å². The van der Waals surface area contributed by atoms with Gasteiger partial charge in [-0.1, -0.05) is 5.16 Å². The molecule has 0 spiro atoms.